The van der Waals surface area contributed by atoms with E-state index in [9.17, 15) is 19.2 Å². The van der Waals surface area contributed by atoms with Crippen molar-refractivity contribution in [2.75, 3.05) is 18.1 Å². The van der Waals surface area contributed by atoms with Crippen LogP contribution >= 0.6 is 0 Å². The Labute approximate surface area is 178 Å². The van der Waals surface area contributed by atoms with Crippen molar-refractivity contribution in [2.45, 2.75) is 38.3 Å². The zero-order valence-corrected chi connectivity index (χ0v) is 17.0. The average Bonchev–Trinajstić information content (AvgIpc) is 3.49. The second kappa shape index (κ2) is 8.73. The van der Waals surface area contributed by atoms with E-state index in [0.717, 1.165) is 17.7 Å². The van der Waals surface area contributed by atoms with Crippen LogP contribution in [-0.2, 0) is 19.1 Å². The Balaban J connectivity index is 1.57. The molecule has 3 heterocycles. The summed E-state index contributed by atoms with van der Waals surface area (Å²) in [6.45, 7) is 2.08. The van der Waals surface area contributed by atoms with Crippen molar-refractivity contribution in [1.29, 1.82) is 0 Å². The molecule has 2 unspecified atom stereocenters. The molecule has 2 saturated heterocycles. The van der Waals surface area contributed by atoms with Gasteiger partial charge in [-0.25, -0.2) is 4.90 Å². The Morgan fingerprint density at radius 2 is 1.97 bits per heavy atom. The summed E-state index contributed by atoms with van der Waals surface area (Å²) in [6, 6.07) is 8.21. The van der Waals surface area contributed by atoms with Crippen LogP contribution < -0.4 is 9.64 Å². The van der Waals surface area contributed by atoms with E-state index >= 15 is 0 Å². The normalized spacial score (nSPS) is 20.9. The van der Waals surface area contributed by atoms with Gasteiger partial charge in [0.2, 0.25) is 5.91 Å². The third kappa shape index (κ3) is 4.36. The minimum absolute atomic E-state index is 0.0995. The van der Waals surface area contributed by atoms with Crippen LogP contribution in [0.4, 0.5) is 5.69 Å². The number of esters is 1. The van der Waals surface area contributed by atoms with Crippen LogP contribution in [0.3, 0.4) is 0 Å². The van der Waals surface area contributed by atoms with E-state index < -0.39 is 29.7 Å². The topological polar surface area (TPSA) is 106 Å². The van der Waals surface area contributed by atoms with Gasteiger partial charge in [0.25, 0.3) is 11.8 Å². The van der Waals surface area contributed by atoms with Crippen molar-refractivity contribution >= 4 is 29.4 Å². The number of hydrogen-bond acceptors (Lipinski definition) is 7. The van der Waals surface area contributed by atoms with E-state index in [2.05, 4.69) is 0 Å². The SMILES string of the molecule is CC(=O)Oc1ccc(N2C(=O)CC(N(CC3CCCO3)C(=O)c3ccco3)C2=O)cc1. The lowest BCUT2D eigenvalue weighted by Gasteiger charge is -2.29. The Bertz CT molecular complexity index is 978. The molecule has 9 heteroatoms. The van der Waals surface area contributed by atoms with Crippen LogP contribution in [0.5, 0.6) is 5.75 Å². The highest BCUT2D eigenvalue weighted by Gasteiger charge is 2.45. The molecular weight excluding hydrogens is 404 g/mol. The Hall–Kier alpha value is -3.46. The molecule has 1 aromatic heterocycles. The molecule has 2 aliphatic rings. The van der Waals surface area contributed by atoms with Gasteiger partial charge in [-0.15, -0.1) is 0 Å². The minimum atomic E-state index is -0.956. The smallest absolute Gasteiger partial charge is 0.308 e. The first-order chi connectivity index (χ1) is 14.9. The summed E-state index contributed by atoms with van der Waals surface area (Å²) in [5.74, 6) is -1.44. The molecular formula is C22H22N2O7. The molecule has 162 valence electrons. The molecule has 3 amide bonds. The predicted octanol–water partition coefficient (Wildman–Crippen LogP) is 2.16. The summed E-state index contributed by atoms with van der Waals surface area (Å²) >= 11 is 0. The standard InChI is InChI=1S/C22H22N2O7/c1-14(25)31-16-8-6-15(7-9-16)24-20(26)12-18(21(24)27)23(13-17-4-2-10-29-17)22(28)19-5-3-11-30-19/h3,5-9,11,17-18H,2,4,10,12-13H2,1H3. The predicted molar refractivity (Wildman–Crippen MR) is 107 cm³/mol. The second-order valence-electron chi connectivity index (χ2n) is 7.44. The van der Waals surface area contributed by atoms with Crippen LogP contribution in [0, 0.1) is 0 Å². The molecule has 2 atom stereocenters. The number of hydrogen-bond donors (Lipinski definition) is 0. The maximum atomic E-state index is 13.2. The van der Waals surface area contributed by atoms with E-state index in [4.69, 9.17) is 13.9 Å². The van der Waals surface area contributed by atoms with E-state index in [1.165, 1.54) is 48.4 Å². The van der Waals surface area contributed by atoms with Crippen LogP contribution in [0.25, 0.3) is 0 Å². The highest BCUT2D eigenvalue weighted by atomic mass is 16.5. The molecule has 0 radical (unpaired) electrons. The van der Waals surface area contributed by atoms with Gasteiger partial charge in [0, 0.05) is 20.1 Å². The van der Waals surface area contributed by atoms with Crippen molar-refractivity contribution in [3.63, 3.8) is 0 Å². The number of amides is 3. The van der Waals surface area contributed by atoms with Crippen LogP contribution in [0.2, 0.25) is 0 Å². The molecule has 4 rings (SSSR count). The molecule has 2 aliphatic heterocycles. The zero-order chi connectivity index (χ0) is 22.0. The highest BCUT2D eigenvalue weighted by molar-refractivity contribution is 6.23. The van der Waals surface area contributed by atoms with E-state index in [1.54, 1.807) is 6.07 Å². The van der Waals surface area contributed by atoms with Gasteiger partial charge < -0.3 is 18.8 Å². The maximum absolute atomic E-state index is 13.2. The highest BCUT2D eigenvalue weighted by Crippen LogP contribution is 2.29. The summed E-state index contributed by atoms with van der Waals surface area (Å²) in [4.78, 5) is 52.5. The molecule has 0 bridgehead atoms. The third-order valence-corrected chi connectivity index (χ3v) is 5.27. The van der Waals surface area contributed by atoms with E-state index in [-0.39, 0.29) is 24.8 Å². The maximum Gasteiger partial charge on any atom is 0.308 e. The van der Waals surface area contributed by atoms with Gasteiger partial charge in [-0.3, -0.25) is 19.2 Å². The fourth-order valence-electron chi connectivity index (χ4n) is 3.86. The lowest BCUT2D eigenvalue weighted by molar-refractivity contribution is -0.132. The summed E-state index contributed by atoms with van der Waals surface area (Å²) in [5, 5.41) is 0. The zero-order valence-electron chi connectivity index (χ0n) is 17.0. The number of furan rings is 1. The third-order valence-electron chi connectivity index (χ3n) is 5.27. The Kier molecular flexibility index (Phi) is 5.85. The molecule has 0 aliphatic carbocycles. The van der Waals surface area contributed by atoms with E-state index in [1.807, 2.05) is 0 Å². The molecule has 2 fully saturated rings. The lowest BCUT2D eigenvalue weighted by Crippen LogP contribution is -2.48. The first kappa shape index (κ1) is 20.8. The van der Waals surface area contributed by atoms with Gasteiger partial charge >= 0.3 is 5.97 Å². The van der Waals surface area contributed by atoms with Crippen molar-refractivity contribution in [3.05, 3.63) is 48.4 Å². The van der Waals surface area contributed by atoms with Crippen LogP contribution in [0.1, 0.15) is 36.7 Å². The van der Waals surface area contributed by atoms with Gasteiger partial charge in [0.1, 0.15) is 11.8 Å². The number of rotatable bonds is 6. The Morgan fingerprint density at radius 1 is 1.19 bits per heavy atom. The fraction of sp³-hybridized carbons (Fsp3) is 0.364. The second-order valence-corrected chi connectivity index (χ2v) is 7.44. The summed E-state index contributed by atoms with van der Waals surface area (Å²) in [6.07, 6.45) is 2.71. The van der Waals surface area contributed by atoms with Gasteiger partial charge in [-0.2, -0.15) is 0 Å². The number of imide groups is 1. The van der Waals surface area contributed by atoms with Gasteiger partial charge in [-0.05, 0) is 49.2 Å². The van der Waals surface area contributed by atoms with E-state index in [0.29, 0.717) is 18.0 Å². The van der Waals surface area contributed by atoms with Crippen LogP contribution in [0.15, 0.2) is 47.1 Å². The first-order valence-electron chi connectivity index (χ1n) is 10.1. The largest absolute Gasteiger partial charge is 0.459 e. The van der Waals surface area contributed by atoms with Crippen molar-refractivity contribution < 1.29 is 33.1 Å². The molecule has 0 spiro atoms. The van der Waals surface area contributed by atoms with Gasteiger partial charge in [-0.1, -0.05) is 0 Å². The summed E-state index contributed by atoms with van der Waals surface area (Å²) in [5.41, 5.74) is 0.343. The molecule has 31 heavy (non-hydrogen) atoms. The average molecular weight is 426 g/mol. The number of anilines is 1. The summed E-state index contributed by atoms with van der Waals surface area (Å²) < 4.78 is 15.9. The van der Waals surface area contributed by atoms with Gasteiger partial charge in [0.15, 0.2) is 5.76 Å². The quantitative estimate of drug-likeness (QED) is 0.396. The Morgan fingerprint density at radius 3 is 2.58 bits per heavy atom. The lowest BCUT2D eigenvalue weighted by atomic mass is 10.1. The minimum Gasteiger partial charge on any atom is -0.459 e. The number of carbonyl (C=O) groups is 4. The number of benzene rings is 1. The van der Waals surface area contributed by atoms with Crippen molar-refractivity contribution in [2.24, 2.45) is 0 Å². The van der Waals surface area contributed by atoms with Crippen molar-refractivity contribution in [1.82, 2.24) is 4.90 Å². The monoisotopic (exact) mass is 426 g/mol. The fourth-order valence-corrected chi connectivity index (χ4v) is 3.86. The summed E-state index contributed by atoms with van der Waals surface area (Å²) in [7, 11) is 0. The molecule has 9 nitrogen and oxygen atoms in total. The van der Waals surface area contributed by atoms with Gasteiger partial charge in [0.05, 0.1) is 24.5 Å². The number of nitrogens with zero attached hydrogens (tertiary/aromatic N) is 2. The molecule has 1 aromatic carbocycles. The van der Waals surface area contributed by atoms with Crippen LogP contribution in [-0.4, -0.2) is 53.9 Å². The molecule has 0 N–H and O–H groups in total. The van der Waals surface area contributed by atoms with Crippen molar-refractivity contribution in [3.8, 4) is 5.75 Å². The molecule has 0 saturated carbocycles. The first-order valence-corrected chi connectivity index (χ1v) is 10.1. The number of ether oxygens (including phenoxy) is 2. The molecule has 2 aromatic rings. The number of carbonyl (C=O) groups excluding carboxylic acids is 4.